The minimum Gasteiger partial charge on any atom is -0.480 e. The van der Waals surface area contributed by atoms with Gasteiger partial charge in [0.1, 0.15) is 0 Å². The Kier molecular flexibility index (Phi) is 4.64. The zero-order valence-corrected chi connectivity index (χ0v) is 10.8. The van der Waals surface area contributed by atoms with Crippen molar-refractivity contribution in [2.75, 3.05) is 0 Å². The van der Waals surface area contributed by atoms with Crippen molar-refractivity contribution < 1.29 is 52.4 Å². The van der Waals surface area contributed by atoms with E-state index < -0.39 is 46.8 Å². The maximum absolute atomic E-state index is 12.7. The van der Waals surface area contributed by atoms with Crippen LogP contribution in [-0.4, -0.2) is 39.4 Å². The molecule has 1 aromatic carbocycles. The van der Waals surface area contributed by atoms with Crippen molar-refractivity contribution in [2.45, 2.75) is 11.6 Å². The average Bonchev–Trinajstić information content (AvgIpc) is 2.36. The molecular formula is C12H7F3O8. The molecule has 0 fully saturated rings. The number of carboxylic acids is 2. The summed E-state index contributed by atoms with van der Waals surface area (Å²) < 4.78 is 41.5. The highest BCUT2D eigenvalue weighted by Crippen LogP contribution is 2.34. The summed E-state index contributed by atoms with van der Waals surface area (Å²) in [6.45, 7) is 0. The van der Waals surface area contributed by atoms with Crippen molar-refractivity contribution in [3.63, 3.8) is 0 Å². The van der Waals surface area contributed by atoms with Gasteiger partial charge in [0.15, 0.2) is 0 Å². The first-order valence-electron chi connectivity index (χ1n) is 5.53. The Labute approximate surface area is 124 Å². The summed E-state index contributed by atoms with van der Waals surface area (Å²) in [5.41, 5.74) is -6.21. The van der Waals surface area contributed by atoms with E-state index in [1.807, 2.05) is 0 Å². The van der Waals surface area contributed by atoms with Gasteiger partial charge in [-0.15, -0.1) is 0 Å². The summed E-state index contributed by atoms with van der Waals surface area (Å²) in [6.07, 6.45) is -7.26. The number of ether oxygens (including phenoxy) is 1. The maximum Gasteiger partial charge on any atom is 0.513 e. The van der Waals surface area contributed by atoms with Crippen molar-refractivity contribution in [3.05, 3.63) is 35.4 Å². The number of alkyl halides is 3. The Morgan fingerprint density at radius 2 is 1.39 bits per heavy atom. The van der Waals surface area contributed by atoms with Gasteiger partial charge in [-0.1, -0.05) is 12.1 Å². The third-order valence-corrected chi connectivity index (χ3v) is 2.75. The van der Waals surface area contributed by atoms with Crippen molar-refractivity contribution in [1.82, 2.24) is 0 Å². The van der Waals surface area contributed by atoms with Crippen molar-refractivity contribution in [2.24, 2.45) is 0 Å². The fraction of sp³-hybridized carbons (Fsp3) is 0.167. The van der Waals surface area contributed by atoms with Crippen LogP contribution in [0.4, 0.5) is 18.0 Å². The Balaban J connectivity index is 3.65. The lowest BCUT2D eigenvalue weighted by Gasteiger charge is -2.23. The van der Waals surface area contributed by atoms with E-state index in [1.54, 1.807) is 0 Å². The number of hydrogen-bond acceptors (Lipinski definition) is 5. The van der Waals surface area contributed by atoms with E-state index in [4.69, 9.17) is 15.3 Å². The minimum absolute atomic E-state index is 0.116. The number of aliphatic carboxylic acids is 2. The third-order valence-electron chi connectivity index (χ3n) is 2.75. The smallest absolute Gasteiger partial charge is 0.480 e. The summed E-state index contributed by atoms with van der Waals surface area (Å²) in [5.74, 6) is -7.09. The van der Waals surface area contributed by atoms with E-state index >= 15 is 0 Å². The van der Waals surface area contributed by atoms with E-state index in [9.17, 15) is 32.3 Å². The molecule has 8 nitrogen and oxygen atoms in total. The van der Waals surface area contributed by atoms with Gasteiger partial charge in [-0.2, -0.15) is 13.2 Å². The molecule has 23 heavy (non-hydrogen) atoms. The van der Waals surface area contributed by atoms with E-state index in [0.717, 1.165) is 0 Å². The molecule has 124 valence electrons. The standard InChI is InChI=1S/C12H7F3O8/c13-12(14,15)6-3-1-2-5(4-6)11(7(16)17,8(18)19)9(20)23-10(21)22/h1-4H,(H,16,17)(H,18,19)(H,21,22). The first-order valence-corrected chi connectivity index (χ1v) is 5.53. The number of hydrogen-bond donors (Lipinski definition) is 3. The zero-order chi connectivity index (χ0) is 18.0. The molecule has 0 spiro atoms. The van der Waals surface area contributed by atoms with Crippen LogP contribution in [0, 0.1) is 0 Å². The van der Waals surface area contributed by atoms with Crippen LogP contribution in [0.2, 0.25) is 0 Å². The van der Waals surface area contributed by atoms with Gasteiger partial charge in [0.25, 0.3) is 5.41 Å². The summed E-state index contributed by atoms with van der Waals surface area (Å²) in [6, 6.07) is 1.93. The Morgan fingerprint density at radius 3 is 1.78 bits per heavy atom. The molecule has 0 atom stereocenters. The molecule has 0 radical (unpaired) electrons. The van der Waals surface area contributed by atoms with E-state index in [1.165, 1.54) is 0 Å². The number of benzene rings is 1. The lowest BCUT2D eigenvalue weighted by atomic mass is 9.79. The van der Waals surface area contributed by atoms with Crippen molar-refractivity contribution in [1.29, 1.82) is 0 Å². The van der Waals surface area contributed by atoms with Gasteiger partial charge in [0, 0.05) is 0 Å². The first kappa shape index (κ1) is 17.9. The van der Waals surface area contributed by atoms with Crippen LogP contribution in [-0.2, 0) is 30.7 Å². The molecule has 0 aliphatic heterocycles. The second-order valence-electron chi connectivity index (χ2n) is 4.09. The van der Waals surface area contributed by atoms with Crippen LogP contribution in [0.3, 0.4) is 0 Å². The lowest BCUT2D eigenvalue weighted by molar-refractivity contribution is -0.168. The second kappa shape index (κ2) is 5.94. The number of carboxylic acid groups (broad SMARTS) is 3. The van der Waals surface area contributed by atoms with E-state index in [2.05, 4.69) is 4.74 Å². The summed E-state index contributed by atoms with van der Waals surface area (Å²) in [7, 11) is 0. The molecule has 0 aromatic heterocycles. The molecule has 0 heterocycles. The number of rotatable bonds is 4. The molecule has 0 saturated carbocycles. The van der Waals surface area contributed by atoms with Gasteiger partial charge in [-0.3, -0.25) is 0 Å². The molecule has 0 amide bonds. The number of halogens is 3. The molecule has 0 aliphatic rings. The molecule has 1 aromatic rings. The van der Waals surface area contributed by atoms with Crippen LogP contribution >= 0.6 is 0 Å². The lowest BCUT2D eigenvalue weighted by Crippen LogP contribution is -2.52. The summed E-state index contributed by atoms with van der Waals surface area (Å²) in [4.78, 5) is 44.6. The normalized spacial score (nSPS) is 11.6. The van der Waals surface area contributed by atoms with Crippen LogP contribution < -0.4 is 0 Å². The average molecular weight is 336 g/mol. The molecule has 0 aliphatic carbocycles. The molecule has 3 N–H and O–H groups in total. The predicted molar refractivity (Wildman–Crippen MR) is 62.5 cm³/mol. The molecule has 0 bridgehead atoms. The Bertz CT molecular complexity index is 665. The molecule has 11 heteroatoms. The first-order chi connectivity index (χ1) is 10.4. The van der Waals surface area contributed by atoms with Crippen LogP contribution in [0.1, 0.15) is 11.1 Å². The largest absolute Gasteiger partial charge is 0.513 e. The predicted octanol–water partition coefficient (Wildman–Crippen LogP) is 1.33. The maximum atomic E-state index is 12.7. The molecule has 0 unspecified atom stereocenters. The highest BCUT2D eigenvalue weighted by atomic mass is 19.4. The molecular weight excluding hydrogens is 329 g/mol. The van der Waals surface area contributed by atoms with Crippen molar-refractivity contribution in [3.8, 4) is 0 Å². The highest BCUT2D eigenvalue weighted by Gasteiger charge is 2.58. The Hall–Kier alpha value is -3.11. The summed E-state index contributed by atoms with van der Waals surface area (Å²) in [5, 5.41) is 26.5. The minimum atomic E-state index is -4.95. The van der Waals surface area contributed by atoms with Gasteiger partial charge >= 0.3 is 30.2 Å². The Morgan fingerprint density at radius 1 is 0.913 bits per heavy atom. The van der Waals surface area contributed by atoms with Gasteiger partial charge < -0.3 is 20.1 Å². The summed E-state index contributed by atoms with van der Waals surface area (Å²) >= 11 is 0. The quantitative estimate of drug-likeness (QED) is 0.553. The van der Waals surface area contributed by atoms with E-state index in [0.29, 0.717) is 18.2 Å². The number of carbonyl (C=O) groups is 4. The molecule has 1 rings (SSSR count). The van der Waals surface area contributed by atoms with Gasteiger partial charge in [0.05, 0.1) is 5.56 Å². The van der Waals surface area contributed by atoms with Gasteiger partial charge in [0.2, 0.25) is 0 Å². The highest BCUT2D eigenvalue weighted by molar-refractivity contribution is 6.24. The SMILES string of the molecule is O=C(O)OC(=O)C(C(=O)O)(C(=O)O)c1cccc(C(F)(F)F)c1. The van der Waals surface area contributed by atoms with E-state index in [-0.39, 0.29) is 6.07 Å². The zero-order valence-electron chi connectivity index (χ0n) is 10.8. The fourth-order valence-electron chi connectivity index (χ4n) is 1.72. The van der Waals surface area contributed by atoms with Gasteiger partial charge in [-0.25, -0.2) is 19.2 Å². The molecule has 0 saturated heterocycles. The number of carbonyl (C=O) groups excluding carboxylic acids is 1. The van der Waals surface area contributed by atoms with Gasteiger partial charge in [-0.05, 0) is 17.7 Å². The second-order valence-corrected chi connectivity index (χ2v) is 4.09. The van der Waals surface area contributed by atoms with Crippen LogP contribution in [0.25, 0.3) is 0 Å². The number of esters is 1. The fourth-order valence-corrected chi connectivity index (χ4v) is 1.72. The van der Waals surface area contributed by atoms with Crippen molar-refractivity contribution >= 4 is 24.1 Å². The van der Waals surface area contributed by atoms with Crippen LogP contribution in [0.15, 0.2) is 24.3 Å². The van der Waals surface area contributed by atoms with Crippen LogP contribution in [0.5, 0.6) is 0 Å². The topological polar surface area (TPSA) is 138 Å². The third kappa shape index (κ3) is 3.22. The monoisotopic (exact) mass is 336 g/mol.